The van der Waals surface area contributed by atoms with Gasteiger partial charge >= 0.3 is 0 Å². The minimum absolute atomic E-state index is 0.344. The number of hydrogen-bond acceptors (Lipinski definition) is 4. The summed E-state index contributed by atoms with van der Waals surface area (Å²) in [6, 6.07) is 6.99. The van der Waals surface area contributed by atoms with Gasteiger partial charge in [-0.2, -0.15) is 5.10 Å². The fraction of sp³-hybridized carbons (Fsp3) is 0. The van der Waals surface area contributed by atoms with Crippen LogP contribution in [0.2, 0.25) is 0 Å². The van der Waals surface area contributed by atoms with Crippen LogP contribution in [0.15, 0.2) is 55.1 Å². The fourth-order valence-corrected chi connectivity index (χ4v) is 1.71. The largest absolute Gasteiger partial charge is 0.319 e. The van der Waals surface area contributed by atoms with Crippen molar-refractivity contribution in [3.63, 3.8) is 0 Å². The molecule has 0 aliphatic carbocycles. The average molecular weight is 283 g/mol. The number of amides is 1. The predicted octanol–water partition coefficient (Wildman–Crippen LogP) is 2.05. The lowest BCUT2D eigenvalue weighted by atomic mass is 10.2. The van der Waals surface area contributed by atoms with Gasteiger partial charge in [0.2, 0.25) is 5.95 Å². The summed E-state index contributed by atoms with van der Waals surface area (Å²) in [6.45, 7) is 0. The summed E-state index contributed by atoms with van der Waals surface area (Å²) in [4.78, 5) is 20.1. The Bertz CT molecular complexity index is 755. The Kier molecular flexibility index (Phi) is 3.38. The molecule has 0 atom stereocenters. The maximum atomic E-state index is 12.8. The van der Waals surface area contributed by atoms with Crippen molar-refractivity contribution in [3.05, 3.63) is 66.5 Å². The SMILES string of the molecule is O=C(Nc1cnn(-c2ncccn2)c1)c1ccc(F)cc1. The monoisotopic (exact) mass is 283 g/mol. The smallest absolute Gasteiger partial charge is 0.255 e. The molecule has 104 valence electrons. The summed E-state index contributed by atoms with van der Waals surface area (Å²) < 4.78 is 14.3. The molecule has 0 saturated heterocycles. The highest BCUT2D eigenvalue weighted by Gasteiger charge is 2.08. The normalized spacial score (nSPS) is 10.3. The third-order valence-corrected chi connectivity index (χ3v) is 2.70. The van der Waals surface area contributed by atoms with Crippen LogP contribution in [0.25, 0.3) is 5.95 Å². The molecule has 3 rings (SSSR count). The van der Waals surface area contributed by atoms with E-state index in [1.165, 1.54) is 35.1 Å². The average Bonchev–Trinajstić information content (AvgIpc) is 2.97. The molecule has 0 bridgehead atoms. The van der Waals surface area contributed by atoms with Crippen LogP contribution in [0.4, 0.5) is 10.1 Å². The van der Waals surface area contributed by atoms with Crippen LogP contribution < -0.4 is 5.32 Å². The second kappa shape index (κ2) is 5.49. The number of halogens is 1. The van der Waals surface area contributed by atoms with E-state index in [2.05, 4.69) is 20.4 Å². The van der Waals surface area contributed by atoms with Gasteiger partial charge in [0.15, 0.2) is 0 Å². The van der Waals surface area contributed by atoms with Gasteiger partial charge in [-0.15, -0.1) is 0 Å². The zero-order valence-electron chi connectivity index (χ0n) is 10.8. The predicted molar refractivity (Wildman–Crippen MR) is 73.5 cm³/mol. The van der Waals surface area contributed by atoms with Crippen LogP contribution in [0.3, 0.4) is 0 Å². The first-order valence-electron chi connectivity index (χ1n) is 6.11. The van der Waals surface area contributed by atoms with Crippen molar-refractivity contribution in [2.45, 2.75) is 0 Å². The van der Waals surface area contributed by atoms with Gasteiger partial charge in [0.25, 0.3) is 5.91 Å². The van der Waals surface area contributed by atoms with E-state index in [1.54, 1.807) is 24.7 Å². The zero-order chi connectivity index (χ0) is 14.7. The molecule has 2 heterocycles. The third kappa shape index (κ3) is 2.92. The highest BCUT2D eigenvalue weighted by Crippen LogP contribution is 2.10. The quantitative estimate of drug-likeness (QED) is 0.798. The lowest BCUT2D eigenvalue weighted by molar-refractivity contribution is 0.102. The molecule has 0 saturated carbocycles. The van der Waals surface area contributed by atoms with Crippen molar-refractivity contribution in [3.8, 4) is 5.95 Å². The van der Waals surface area contributed by atoms with Gasteiger partial charge in [-0.3, -0.25) is 4.79 Å². The number of benzene rings is 1. The van der Waals surface area contributed by atoms with Gasteiger partial charge in [0.1, 0.15) is 5.82 Å². The van der Waals surface area contributed by atoms with E-state index in [9.17, 15) is 9.18 Å². The molecule has 0 unspecified atom stereocenters. The summed E-state index contributed by atoms with van der Waals surface area (Å²) in [5.41, 5.74) is 0.858. The highest BCUT2D eigenvalue weighted by atomic mass is 19.1. The Morgan fingerprint density at radius 1 is 1.14 bits per heavy atom. The van der Waals surface area contributed by atoms with Crippen molar-refractivity contribution in [1.29, 1.82) is 0 Å². The van der Waals surface area contributed by atoms with Crippen molar-refractivity contribution < 1.29 is 9.18 Å². The lowest BCUT2D eigenvalue weighted by Crippen LogP contribution is -2.11. The number of carbonyl (C=O) groups is 1. The standard InChI is InChI=1S/C14H10FN5O/c15-11-4-2-10(3-5-11)13(21)19-12-8-18-20(9-12)14-16-6-1-7-17-14/h1-9H,(H,19,21). The maximum Gasteiger partial charge on any atom is 0.255 e. The number of carbonyl (C=O) groups excluding carboxylic acids is 1. The van der Waals surface area contributed by atoms with Crippen LogP contribution in [0.1, 0.15) is 10.4 Å². The van der Waals surface area contributed by atoms with Crippen molar-refractivity contribution in [1.82, 2.24) is 19.7 Å². The topological polar surface area (TPSA) is 72.7 Å². The Labute approximate surface area is 119 Å². The minimum atomic E-state index is -0.388. The molecular formula is C14H10FN5O. The molecular weight excluding hydrogens is 273 g/mol. The molecule has 1 amide bonds. The van der Waals surface area contributed by atoms with Gasteiger partial charge in [-0.25, -0.2) is 19.0 Å². The Balaban J connectivity index is 1.75. The summed E-state index contributed by atoms with van der Waals surface area (Å²) in [7, 11) is 0. The highest BCUT2D eigenvalue weighted by molar-refractivity contribution is 6.04. The van der Waals surface area contributed by atoms with Gasteiger partial charge in [-0.1, -0.05) is 0 Å². The summed E-state index contributed by atoms with van der Waals surface area (Å²) in [5.74, 6) is -0.330. The second-order valence-electron chi connectivity index (χ2n) is 4.18. The number of hydrogen-bond donors (Lipinski definition) is 1. The van der Waals surface area contributed by atoms with E-state index in [0.29, 0.717) is 17.2 Å². The number of rotatable bonds is 3. The summed E-state index contributed by atoms with van der Waals surface area (Å²) in [5, 5.41) is 6.73. The molecule has 2 aromatic heterocycles. The van der Waals surface area contributed by atoms with Crippen LogP contribution in [-0.2, 0) is 0 Å². The van der Waals surface area contributed by atoms with E-state index in [1.807, 2.05) is 0 Å². The van der Waals surface area contributed by atoms with E-state index >= 15 is 0 Å². The van der Waals surface area contributed by atoms with Crippen LogP contribution in [0.5, 0.6) is 0 Å². The molecule has 7 heteroatoms. The summed E-state index contributed by atoms with van der Waals surface area (Å²) in [6.07, 6.45) is 6.27. The first-order chi connectivity index (χ1) is 10.2. The molecule has 1 N–H and O–H groups in total. The number of nitrogens with one attached hydrogen (secondary N) is 1. The fourth-order valence-electron chi connectivity index (χ4n) is 1.71. The number of aromatic nitrogens is 4. The lowest BCUT2D eigenvalue weighted by Gasteiger charge is -2.02. The zero-order valence-corrected chi connectivity index (χ0v) is 10.8. The Morgan fingerprint density at radius 3 is 2.57 bits per heavy atom. The molecule has 0 fully saturated rings. The first kappa shape index (κ1) is 12.9. The van der Waals surface area contributed by atoms with Gasteiger partial charge < -0.3 is 5.32 Å². The van der Waals surface area contributed by atoms with E-state index in [0.717, 1.165) is 0 Å². The number of nitrogens with zero attached hydrogens (tertiary/aromatic N) is 4. The second-order valence-corrected chi connectivity index (χ2v) is 4.18. The van der Waals surface area contributed by atoms with E-state index < -0.39 is 0 Å². The van der Waals surface area contributed by atoms with Crippen molar-refractivity contribution in [2.24, 2.45) is 0 Å². The van der Waals surface area contributed by atoms with Gasteiger partial charge in [0.05, 0.1) is 18.1 Å². The molecule has 0 radical (unpaired) electrons. The number of anilines is 1. The summed E-state index contributed by atoms with van der Waals surface area (Å²) >= 11 is 0. The molecule has 6 nitrogen and oxygen atoms in total. The van der Waals surface area contributed by atoms with Gasteiger partial charge in [-0.05, 0) is 30.3 Å². The molecule has 0 aliphatic heterocycles. The molecule has 3 aromatic rings. The van der Waals surface area contributed by atoms with Crippen LogP contribution in [0, 0.1) is 5.82 Å². The van der Waals surface area contributed by atoms with E-state index in [4.69, 9.17) is 0 Å². The molecule has 0 spiro atoms. The van der Waals surface area contributed by atoms with Crippen molar-refractivity contribution >= 4 is 11.6 Å². The minimum Gasteiger partial charge on any atom is -0.319 e. The van der Waals surface area contributed by atoms with Crippen molar-refractivity contribution in [2.75, 3.05) is 5.32 Å². The maximum absolute atomic E-state index is 12.8. The first-order valence-corrected chi connectivity index (χ1v) is 6.11. The molecule has 0 aliphatic rings. The Morgan fingerprint density at radius 2 is 1.86 bits per heavy atom. The third-order valence-electron chi connectivity index (χ3n) is 2.70. The molecule has 21 heavy (non-hydrogen) atoms. The van der Waals surface area contributed by atoms with Crippen LogP contribution in [-0.4, -0.2) is 25.7 Å². The van der Waals surface area contributed by atoms with Crippen LogP contribution >= 0.6 is 0 Å². The molecule has 1 aromatic carbocycles. The Hall–Kier alpha value is -3.09. The van der Waals surface area contributed by atoms with Gasteiger partial charge in [0, 0.05) is 18.0 Å². The van der Waals surface area contributed by atoms with E-state index in [-0.39, 0.29) is 11.7 Å².